The van der Waals surface area contributed by atoms with Gasteiger partial charge in [0.1, 0.15) is 0 Å². The van der Waals surface area contributed by atoms with Crippen LogP contribution in [-0.4, -0.2) is 10.9 Å². The largest absolute Gasteiger partial charge is 0.322 e. The number of para-hydroxylation sites is 1. The Hall–Kier alpha value is -3.69. The molecule has 4 heteroatoms. The fourth-order valence-electron chi connectivity index (χ4n) is 3.64. The molecule has 0 fully saturated rings. The highest BCUT2D eigenvalue weighted by molar-refractivity contribution is 6.33. The summed E-state index contributed by atoms with van der Waals surface area (Å²) in [6.07, 6.45) is 0. The van der Waals surface area contributed by atoms with Crippen LogP contribution in [0, 0.1) is 0 Å². The van der Waals surface area contributed by atoms with E-state index < -0.39 is 0 Å². The van der Waals surface area contributed by atoms with E-state index in [0.717, 1.165) is 32.9 Å². The zero-order valence-corrected chi connectivity index (χ0v) is 16.7. The number of carbonyl (C=O) groups is 1. The number of hydrogen-bond donors (Lipinski definition) is 1. The Morgan fingerprint density at radius 2 is 1.50 bits per heavy atom. The molecule has 0 saturated carbocycles. The average Bonchev–Trinajstić information content (AvgIpc) is 2.78. The van der Waals surface area contributed by atoms with Gasteiger partial charge in [-0.1, -0.05) is 78.3 Å². The quantitative estimate of drug-likeness (QED) is 0.350. The van der Waals surface area contributed by atoms with Crippen LogP contribution in [0.4, 0.5) is 5.69 Å². The molecule has 1 N–H and O–H groups in total. The number of fused-ring (bicyclic) bond motifs is 2. The van der Waals surface area contributed by atoms with Crippen LogP contribution in [0.1, 0.15) is 10.4 Å². The summed E-state index contributed by atoms with van der Waals surface area (Å²) in [4.78, 5) is 18.0. The molecular formula is C26H17ClN2O. The third-order valence-electron chi connectivity index (χ3n) is 5.12. The second-order valence-electron chi connectivity index (χ2n) is 7.07. The van der Waals surface area contributed by atoms with Crippen molar-refractivity contribution in [3.05, 3.63) is 108 Å². The van der Waals surface area contributed by atoms with E-state index in [1.807, 2.05) is 91.0 Å². The second-order valence-corrected chi connectivity index (χ2v) is 7.48. The highest BCUT2D eigenvalue weighted by atomic mass is 35.5. The third-order valence-corrected chi connectivity index (χ3v) is 5.45. The van der Waals surface area contributed by atoms with E-state index in [2.05, 4.69) is 5.32 Å². The number of rotatable bonds is 3. The Morgan fingerprint density at radius 1 is 0.767 bits per heavy atom. The number of amides is 1. The van der Waals surface area contributed by atoms with E-state index in [0.29, 0.717) is 16.3 Å². The summed E-state index contributed by atoms with van der Waals surface area (Å²) in [5.74, 6) is -0.183. The average molecular weight is 409 g/mol. The van der Waals surface area contributed by atoms with Gasteiger partial charge < -0.3 is 5.32 Å². The summed E-state index contributed by atoms with van der Waals surface area (Å²) in [5, 5.41) is 6.64. The number of pyridine rings is 1. The van der Waals surface area contributed by atoms with Crippen molar-refractivity contribution in [2.75, 3.05) is 5.32 Å². The van der Waals surface area contributed by atoms with E-state index in [9.17, 15) is 4.79 Å². The molecule has 0 aliphatic rings. The van der Waals surface area contributed by atoms with Crippen LogP contribution in [-0.2, 0) is 0 Å². The SMILES string of the molecule is O=C(Nc1ccc2ccccc2c1)c1cc(-c2ccccc2Cl)nc2ccccc12. The van der Waals surface area contributed by atoms with Crippen molar-refractivity contribution in [1.29, 1.82) is 0 Å². The molecule has 30 heavy (non-hydrogen) atoms. The minimum atomic E-state index is -0.183. The summed E-state index contributed by atoms with van der Waals surface area (Å²) in [6.45, 7) is 0. The number of nitrogens with zero attached hydrogens (tertiary/aromatic N) is 1. The molecule has 0 saturated heterocycles. The molecule has 0 bridgehead atoms. The molecule has 4 aromatic carbocycles. The summed E-state index contributed by atoms with van der Waals surface area (Å²) < 4.78 is 0. The van der Waals surface area contributed by atoms with Gasteiger partial charge in [0, 0.05) is 21.7 Å². The lowest BCUT2D eigenvalue weighted by molar-refractivity contribution is 0.102. The normalized spacial score (nSPS) is 11.0. The standard InChI is InChI=1S/C26H17ClN2O/c27-23-11-5-3-10-21(23)25-16-22(20-9-4-6-12-24(20)29-25)26(30)28-19-14-13-17-7-1-2-8-18(17)15-19/h1-16H,(H,28,30). The molecule has 3 nitrogen and oxygen atoms in total. The van der Waals surface area contributed by atoms with Crippen molar-refractivity contribution >= 4 is 44.9 Å². The summed E-state index contributed by atoms with van der Waals surface area (Å²) in [5.41, 5.74) is 3.52. The van der Waals surface area contributed by atoms with Gasteiger partial charge in [-0.2, -0.15) is 0 Å². The number of nitrogens with one attached hydrogen (secondary N) is 1. The minimum absolute atomic E-state index is 0.183. The molecule has 0 aliphatic carbocycles. The van der Waals surface area contributed by atoms with Gasteiger partial charge in [0.25, 0.3) is 5.91 Å². The number of aromatic nitrogens is 1. The van der Waals surface area contributed by atoms with E-state index in [-0.39, 0.29) is 5.91 Å². The maximum Gasteiger partial charge on any atom is 0.256 e. The van der Waals surface area contributed by atoms with Crippen LogP contribution in [0.25, 0.3) is 32.9 Å². The van der Waals surface area contributed by atoms with Crippen LogP contribution < -0.4 is 5.32 Å². The first-order valence-electron chi connectivity index (χ1n) is 9.64. The molecule has 0 unspecified atom stereocenters. The van der Waals surface area contributed by atoms with Crippen molar-refractivity contribution in [1.82, 2.24) is 4.98 Å². The Balaban J connectivity index is 1.59. The van der Waals surface area contributed by atoms with Crippen LogP contribution in [0.2, 0.25) is 5.02 Å². The van der Waals surface area contributed by atoms with E-state index in [1.54, 1.807) is 6.07 Å². The fraction of sp³-hybridized carbons (Fsp3) is 0. The highest BCUT2D eigenvalue weighted by Crippen LogP contribution is 2.30. The first kappa shape index (κ1) is 18.3. The minimum Gasteiger partial charge on any atom is -0.322 e. The molecular weight excluding hydrogens is 392 g/mol. The van der Waals surface area contributed by atoms with Gasteiger partial charge in [-0.15, -0.1) is 0 Å². The van der Waals surface area contributed by atoms with Crippen molar-refractivity contribution in [2.45, 2.75) is 0 Å². The number of halogens is 1. The summed E-state index contributed by atoms with van der Waals surface area (Å²) in [7, 11) is 0. The fourth-order valence-corrected chi connectivity index (χ4v) is 3.87. The highest BCUT2D eigenvalue weighted by Gasteiger charge is 2.15. The topological polar surface area (TPSA) is 42.0 Å². The molecule has 0 spiro atoms. The molecule has 5 rings (SSSR count). The van der Waals surface area contributed by atoms with Gasteiger partial charge in [-0.25, -0.2) is 4.98 Å². The van der Waals surface area contributed by atoms with Crippen LogP contribution in [0.5, 0.6) is 0 Å². The molecule has 0 radical (unpaired) electrons. The second kappa shape index (κ2) is 7.62. The summed E-state index contributed by atoms with van der Waals surface area (Å²) in [6, 6.07) is 30.9. The van der Waals surface area contributed by atoms with Gasteiger partial charge in [0.15, 0.2) is 0 Å². The third kappa shape index (κ3) is 3.40. The lowest BCUT2D eigenvalue weighted by atomic mass is 10.0. The Bertz CT molecular complexity index is 1410. The van der Waals surface area contributed by atoms with Crippen molar-refractivity contribution in [3.8, 4) is 11.3 Å². The molecule has 1 amide bonds. The van der Waals surface area contributed by atoms with Gasteiger partial charge >= 0.3 is 0 Å². The predicted octanol–water partition coefficient (Wildman–Crippen LogP) is 6.96. The Kier molecular flexibility index (Phi) is 4.66. The van der Waals surface area contributed by atoms with Crippen molar-refractivity contribution in [3.63, 3.8) is 0 Å². The first-order chi connectivity index (χ1) is 14.7. The van der Waals surface area contributed by atoms with Crippen LogP contribution in [0.3, 0.4) is 0 Å². The number of benzene rings is 4. The van der Waals surface area contributed by atoms with Crippen LogP contribution >= 0.6 is 11.6 Å². The van der Waals surface area contributed by atoms with Crippen LogP contribution in [0.15, 0.2) is 97.1 Å². The Morgan fingerprint density at radius 3 is 2.37 bits per heavy atom. The lowest BCUT2D eigenvalue weighted by Crippen LogP contribution is -2.13. The number of carbonyl (C=O) groups excluding carboxylic acids is 1. The molecule has 1 aromatic heterocycles. The zero-order valence-electron chi connectivity index (χ0n) is 16.0. The number of hydrogen-bond acceptors (Lipinski definition) is 2. The van der Waals surface area contributed by atoms with Gasteiger partial charge in [-0.3, -0.25) is 4.79 Å². The van der Waals surface area contributed by atoms with Crippen molar-refractivity contribution in [2.24, 2.45) is 0 Å². The summed E-state index contributed by atoms with van der Waals surface area (Å²) >= 11 is 6.39. The van der Waals surface area contributed by atoms with Crippen molar-refractivity contribution < 1.29 is 4.79 Å². The number of anilines is 1. The zero-order chi connectivity index (χ0) is 20.5. The van der Waals surface area contributed by atoms with E-state index in [4.69, 9.17) is 16.6 Å². The monoisotopic (exact) mass is 408 g/mol. The maximum atomic E-state index is 13.3. The lowest BCUT2D eigenvalue weighted by Gasteiger charge is -2.12. The molecule has 144 valence electrons. The Labute approximate surface area is 179 Å². The maximum absolute atomic E-state index is 13.3. The van der Waals surface area contributed by atoms with E-state index >= 15 is 0 Å². The molecule has 0 aliphatic heterocycles. The predicted molar refractivity (Wildman–Crippen MR) is 124 cm³/mol. The smallest absolute Gasteiger partial charge is 0.256 e. The van der Waals surface area contributed by atoms with Gasteiger partial charge in [-0.05, 0) is 41.1 Å². The molecule has 0 atom stereocenters. The van der Waals surface area contributed by atoms with E-state index in [1.165, 1.54) is 0 Å². The van der Waals surface area contributed by atoms with Gasteiger partial charge in [0.05, 0.1) is 16.8 Å². The van der Waals surface area contributed by atoms with Gasteiger partial charge in [0.2, 0.25) is 0 Å². The molecule has 1 heterocycles. The first-order valence-corrected chi connectivity index (χ1v) is 10.0. The molecule has 5 aromatic rings.